The molecule has 0 aromatic carbocycles. The molecular formula is C4H13AlO3. The average Bonchev–Trinajstić information content (AvgIpc) is 1.68. The van der Waals surface area contributed by atoms with Crippen LogP contribution in [0.2, 0.25) is 0 Å². The molecule has 50 valence electrons. The van der Waals surface area contributed by atoms with Crippen molar-refractivity contribution in [2.24, 2.45) is 0 Å². The lowest BCUT2D eigenvalue weighted by atomic mass is 10.4. The van der Waals surface area contributed by atoms with Gasteiger partial charge in [0.25, 0.3) is 5.97 Å². The molecule has 0 aromatic rings. The van der Waals surface area contributed by atoms with Crippen LogP contribution in [0.15, 0.2) is 0 Å². The molecule has 0 saturated carbocycles. The van der Waals surface area contributed by atoms with Gasteiger partial charge in [-0.2, -0.15) is 0 Å². The summed E-state index contributed by atoms with van der Waals surface area (Å²) in [6.07, 6.45) is 0.184. The Kier molecular flexibility index (Phi) is 6.05. The molecular weight excluding hydrogens is 123 g/mol. The van der Waals surface area contributed by atoms with Gasteiger partial charge in [-0.1, -0.05) is 6.92 Å². The van der Waals surface area contributed by atoms with Gasteiger partial charge in [-0.05, 0) is 0 Å². The number of hydrogen-bond acceptors (Lipinski definition) is 3. The predicted octanol–water partition coefficient (Wildman–Crippen LogP) is -1.50. The lowest BCUT2D eigenvalue weighted by Gasteiger charge is -2.15. The number of methoxy groups -OCH3 is 1. The summed E-state index contributed by atoms with van der Waals surface area (Å²) in [6, 6.07) is 0. The van der Waals surface area contributed by atoms with Gasteiger partial charge in [-0.15, -0.1) is 0 Å². The molecule has 0 amide bonds. The third-order valence-corrected chi connectivity index (χ3v) is 0.787. The highest BCUT2D eigenvalue weighted by Gasteiger charge is 2.17. The number of rotatable bonds is 2. The van der Waals surface area contributed by atoms with Gasteiger partial charge in [0.15, 0.2) is 17.4 Å². The van der Waals surface area contributed by atoms with Crippen molar-refractivity contribution in [3.8, 4) is 0 Å². The van der Waals surface area contributed by atoms with E-state index in [-0.39, 0.29) is 23.8 Å². The van der Waals surface area contributed by atoms with E-state index in [0.29, 0.717) is 0 Å². The summed E-state index contributed by atoms with van der Waals surface area (Å²) in [6.45, 7) is 1.61. The Morgan fingerprint density at radius 1 is 1.50 bits per heavy atom. The van der Waals surface area contributed by atoms with Gasteiger partial charge in [0.1, 0.15) is 0 Å². The molecule has 0 aromatic heterocycles. The van der Waals surface area contributed by atoms with Gasteiger partial charge in [0.05, 0.1) is 0 Å². The zero-order chi connectivity index (χ0) is 5.91. The molecule has 0 atom stereocenters. The van der Waals surface area contributed by atoms with Crippen LogP contribution in [0, 0.1) is 0 Å². The minimum Gasteiger partial charge on any atom is -0.343 e. The predicted molar refractivity (Wildman–Crippen MR) is 34.4 cm³/mol. The second-order valence-corrected chi connectivity index (χ2v) is 1.30. The summed E-state index contributed by atoms with van der Waals surface area (Å²) < 4.78 is 4.20. The summed E-state index contributed by atoms with van der Waals surface area (Å²) in [5.74, 6) is -1.92. The second-order valence-electron chi connectivity index (χ2n) is 1.30. The van der Waals surface area contributed by atoms with Gasteiger partial charge in [0, 0.05) is 13.5 Å². The van der Waals surface area contributed by atoms with E-state index in [1.54, 1.807) is 6.92 Å². The molecule has 4 heteroatoms. The summed E-state index contributed by atoms with van der Waals surface area (Å²) in [5, 5.41) is 16.9. The topological polar surface area (TPSA) is 49.7 Å². The molecule has 0 rings (SSSR count). The van der Waals surface area contributed by atoms with Crippen molar-refractivity contribution in [2.75, 3.05) is 7.11 Å². The van der Waals surface area contributed by atoms with E-state index in [4.69, 9.17) is 10.2 Å². The first-order chi connectivity index (χ1) is 3.12. The first-order valence-electron chi connectivity index (χ1n) is 2.12. The molecule has 0 aliphatic rings. The maximum absolute atomic E-state index is 8.47. The van der Waals surface area contributed by atoms with Crippen LogP contribution in [-0.2, 0) is 4.74 Å². The van der Waals surface area contributed by atoms with Crippen molar-refractivity contribution in [3.05, 3.63) is 0 Å². The van der Waals surface area contributed by atoms with E-state index in [0.717, 1.165) is 0 Å². The largest absolute Gasteiger partial charge is 0.343 e. The van der Waals surface area contributed by atoms with Crippen LogP contribution in [0.1, 0.15) is 13.3 Å². The van der Waals surface area contributed by atoms with E-state index in [1.807, 2.05) is 0 Å². The number of hydrogen-bond donors (Lipinski definition) is 2. The summed E-state index contributed by atoms with van der Waals surface area (Å²) in [4.78, 5) is 0. The van der Waals surface area contributed by atoms with Crippen molar-refractivity contribution in [3.63, 3.8) is 0 Å². The summed E-state index contributed by atoms with van der Waals surface area (Å²) in [5.41, 5.74) is 0. The molecule has 0 bridgehead atoms. The van der Waals surface area contributed by atoms with Gasteiger partial charge in [-0.25, -0.2) is 0 Å². The summed E-state index contributed by atoms with van der Waals surface area (Å²) >= 11 is 0. The molecule has 0 aliphatic carbocycles. The van der Waals surface area contributed by atoms with Crippen LogP contribution < -0.4 is 0 Å². The van der Waals surface area contributed by atoms with E-state index >= 15 is 0 Å². The third kappa shape index (κ3) is 4.57. The fourth-order valence-corrected chi connectivity index (χ4v) is 0.144. The Morgan fingerprint density at radius 3 is 1.88 bits per heavy atom. The van der Waals surface area contributed by atoms with Crippen molar-refractivity contribution < 1.29 is 14.9 Å². The quantitative estimate of drug-likeness (QED) is 0.358. The van der Waals surface area contributed by atoms with Crippen LogP contribution in [0.5, 0.6) is 0 Å². The van der Waals surface area contributed by atoms with Crippen LogP contribution in [0.3, 0.4) is 0 Å². The van der Waals surface area contributed by atoms with Crippen LogP contribution in [-0.4, -0.2) is 40.7 Å². The first kappa shape index (κ1) is 11.2. The highest BCUT2D eigenvalue weighted by atomic mass is 27.0. The van der Waals surface area contributed by atoms with Crippen molar-refractivity contribution in [1.82, 2.24) is 0 Å². The molecule has 8 heavy (non-hydrogen) atoms. The molecule has 2 N–H and O–H groups in total. The standard InChI is InChI=1S/C4H10O3.Al.3H/c1-3-4(5,6)7-2;;;;/h5-6H,3H2,1-2H3;;;;. The molecule has 0 saturated heterocycles. The zero-order valence-corrected chi connectivity index (χ0v) is 4.51. The van der Waals surface area contributed by atoms with Gasteiger partial charge in [0.2, 0.25) is 0 Å². The Labute approximate surface area is 59.4 Å². The smallest absolute Gasteiger partial charge is 0.277 e. The molecule has 0 unspecified atom stereocenters. The Bertz CT molecular complexity index is 49.2. The van der Waals surface area contributed by atoms with E-state index in [2.05, 4.69) is 4.74 Å². The van der Waals surface area contributed by atoms with Crippen LogP contribution in [0.4, 0.5) is 0 Å². The van der Waals surface area contributed by atoms with E-state index < -0.39 is 5.97 Å². The van der Waals surface area contributed by atoms with Crippen molar-refractivity contribution >= 4 is 17.4 Å². The Morgan fingerprint density at radius 2 is 1.88 bits per heavy atom. The van der Waals surface area contributed by atoms with Crippen molar-refractivity contribution in [2.45, 2.75) is 19.3 Å². The molecule has 3 nitrogen and oxygen atoms in total. The Balaban J connectivity index is 0. The van der Waals surface area contributed by atoms with E-state index in [9.17, 15) is 0 Å². The second kappa shape index (κ2) is 4.31. The van der Waals surface area contributed by atoms with Crippen LogP contribution >= 0.6 is 0 Å². The molecule has 0 fully saturated rings. The average molecular weight is 136 g/mol. The van der Waals surface area contributed by atoms with E-state index in [1.165, 1.54) is 7.11 Å². The third-order valence-electron chi connectivity index (χ3n) is 0.787. The zero-order valence-electron chi connectivity index (χ0n) is 4.51. The molecule has 0 spiro atoms. The Hall–Kier alpha value is 0.412. The van der Waals surface area contributed by atoms with Gasteiger partial charge < -0.3 is 14.9 Å². The van der Waals surface area contributed by atoms with Crippen molar-refractivity contribution in [1.29, 1.82) is 0 Å². The number of ether oxygens (including phenoxy) is 1. The molecule has 0 radical (unpaired) electrons. The lowest BCUT2D eigenvalue weighted by molar-refractivity contribution is -0.326. The SMILES string of the molecule is CCC(O)(O)OC.[AlH3]. The highest BCUT2D eigenvalue weighted by Crippen LogP contribution is 2.02. The van der Waals surface area contributed by atoms with Crippen LogP contribution in [0.25, 0.3) is 0 Å². The summed E-state index contributed by atoms with van der Waals surface area (Å²) in [7, 11) is 1.24. The highest BCUT2D eigenvalue weighted by molar-refractivity contribution is 5.75. The fraction of sp³-hybridized carbons (Fsp3) is 1.00. The fourth-order valence-electron chi connectivity index (χ4n) is 0.144. The first-order valence-corrected chi connectivity index (χ1v) is 2.12. The van der Waals surface area contributed by atoms with Gasteiger partial charge >= 0.3 is 0 Å². The lowest BCUT2D eigenvalue weighted by Crippen LogP contribution is -2.28. The van der Waals surface area contributed by atoms with Gasteiger partial charge in [-0.3, -0.25) is 0 Å². The maximum Gasteiger partial charge on any atom is 0.277 e. The minimum atomic E-state index is -1.92. The minimum absolute atomic E-state index is 0. The molecule has 0 heterocycles. The monoisotopic (exact) mass is 136 g/mol. The maximum atomic E-state index is 8.47. The molecule has 0 aliphatic heterocycles. The number of aliphatic hydroxyl groups is 2. The normalized spacial score (nSPS) is 10.5.